The molecule has 3 aromatic carbocycles. The van der Waals surface area contributed by atoms with Crippen LogP contribution in [0.2, 0.25) is 0 Å². The summed E-state index contributed by atoms with van der Waals surface area (Å²) in [6.07, 6.45) is -0.228. The van der Waals surface area contributed by atoms with E-state index in [1.807, 2.05) is 13.8 Å². The largest absolute Gasteiger partial charge is 0.494 e. The van der Waals surface area contributed by atoms with Gasteiger partial charge in [0.25, 0.3) is 5.56 Å². The SMILES string of the molecule is CC(C)OCc1nc(=O)c(Cc2ccc(-c3ccc(F)cc3C(N)=O)cc2)c(O)n1[C@H](c1cc(F)cc(F)c1)C(C)C. The number of aromatic hydroxyl groups is 1. The van der Waals surface area contributed by atoms with Crippen molar-refractivity contribution in [3.05, 3.63) is 117 Å². The molecule has 4 rings (SSSR count). The first-order chi connectivity index (χ1) is 19.8. The third kappa shape index (κ3) is 6.71. The summed E-state index contributed by atoms with van der Waals surface area (Å²) in [6, 6.07) is 12.9. The maximum Gasteiger partial charge on any atom is 0.280 e. The standard InChI is InChI=1S/C32H32F3N3O4/c1-17(2)29(21-12-23(34)14-24(35)13-21)38-28(16-42-18(3)4)37-31(40)27(32(38)41)11-19-5-7-20(8-6-19)25-10-9-22(33)15-26(25)30(36)39/h5-10,12-15,17-18,29,41H,11,16H2,1-4H3,(H2,36,39)/t29-/m0/s1. The lowest BCUT2D eigenvalue weighted by Gasteiger charge is -2.29. The number of carbonyl (C=O) groups is 1. The van der Waals surface area contributed by atoms with Crippen molar-refractivity contribution in [2.75, 3.05) is 0 Å². The van der Waals surface area contributed by atoms with Crippen LogP contribution in [0.1, 0.15) is 66.6 Å². The molecule has 1 amide bonds. The molecule has 42 heavy (non-hydrogen) atoms. The number of hydrogen-bond donors (Lipinski definition) is 2. The molecular weight excluding hydrogens is 547 g/mol. The number of primary amides is 1. The second kappa shape index (κ2) is 12.6. The molecule has 0 saturated carbocycles. The Morgan fingerprint density at radius 1 is 0.952 bits per heavy atom. The number of ether oxygens (including phenoxy) is 1. The second-order valence-corrected chi connectivity index (χ2v) is 10.7. The molecule has 1 atom stereocenters. The fourth-order valence-corrected chi connectivity index (χ4v) is 4.95. The van der Waals surface area contributed by atoms with Crippen LogP contribution in [0.3, 0.4) is 0 Å². The van der Waals surface area contributed by atoms with Gasteiger partial charge in [0.2, 0.25) is 11.8 Å². The zero-order valence-corrected chi connectivity index (χ0v) is 23.7. The van der Waals surface area contributed by atoms with E-state index in [9.17, 15) is 27.9 Å². The molecule has 0 aliphatic rings. The summed E-state index contributed by atoms with van der Waals surface area (Å²) in [5, 5.41) is 11.5. The molecule has 7 nitrogen and oxygen atoms in total. The number of amides is 1. The third-order valence-electron chi connectivity index (χ3n) is 6.84. The van der Waals surface area contributed by atoms with E-state index in [1.165, 1.54) is 28.8 Å². The molecule has 1 heterocycles. The van der Waals surface area contributed by atoms with Crippen molar-refractivity contribution in [2.24, 2.45) is 11.7 Å². The lowest BCUT2D eigenvalue weighted by molar-refractivity contribution is 0.0567. The summed E-state index contributed by atoms with van der Waals surface area (Å²) in [6.45, 7) is 7.15. The van der Waals surface area contributed by atoms with Crippen molar-refractivity contribution >= 4 is 5.91 Å². The number of nitrogens with zero attached hydrogens (tertiary/aromatic N) is 2. The summed E-state index contributed by atoms with van der Waals surface area (Å²) in [5.74, 6) is -3.46. The second-order valence-electron chi connectivity index (χ2n) is 10.7. The van der Waals surface area contributed by atoms with Gasteiger partial charge in [-0.2, -0.15) is 4.98 Å². The number of benzene rings is 3. The number of halogens is 3. The maximum atomic E-state index is 14.3. The first-order valence-corrected chi connectivity index (χ1v) is 13.4. The molecule has 220 valence electrons. The van der Waals surface area contributed by atoms with Crippen LogP contribution in [0.4, 0.5) is 13.2 Å². The lowest BCUT2D eigenvalue weighted by atomic mass is 9.94. The summed E-state index contributed by atoms with van der Waals surface area (Å²) in [4.78, 5) is 29.3. The van der Waals surface area contributed by atoms with Crippen molar-refractivity contribution < 1.29 is 27.8 Å². The third-order valence-corrected chi connectivity index (χ3v) is 6.84. The van der Waals surface area contributed by atoms with Gasteiger partial charge in [-0.3, -0.25) is 14.2 Å². The first kappa shape index (κ1) is 30.5. The molecule has 0 aliphatic carbocycles. The van der Waals surface area contributed by atoms with Crippen LogP contribution in [0.15, 0.2) is 65.5 Å². The molecule has 0 saturated heterocycles. The smallest absolute Gasteiger partial charge is 0.280 e. The maximum absolute atomic E-state index is 14.3. The predicted octanol–water partition coefficient (Wildman–Crippen LogP) is 5.89. The zero-order chi connectivity index (χ0) is 30.7. The Morgan fingerprint density at radius 2 is 1.60 bits per heavy atom. The van der Waals surface area contributed by atoms with Crippen LogP contribution in [0.5, 0.6) is 5.88 Å². The molecule has 0 unspecified atom stereocenters. The van der Waals surface area contributed by atoms with Crippen molar-refractivity contribution in [3.8, 4) is 17.0 Å². The van der Waals surface area contributed by atoms with E-state index in [-0.39, 0.29) is 53.4 Å². The average Bonchev–Trinajstić information content (AvgIpc) is 2.91. The van der Waals surface area contributed by atoms with Gasteiger partial charge in [0.1, 0.15) is 29.9 Å². The molecule has 0 spiro atoms. The Hall–Kier alpha value is -4.44. The van der Waals surface area contributed by atoms with E-state index < -0.39 is 35.0 Å². The van der Waals surface area contributed by atoms with Gasteiger partial charge in [0, 0.05) is 18.1 Å². The van der Waals surface area contributed by atoms with Gasteiger partial charge in [-0.25, -0.2) is 13.2 Å². The molecule has 10 heteroatoms. The van der Waals surface area contributed by atoms with Crippen LogP contribution >= 0.6 is 0 Å². The van der Waals surface area contributed by atoms with Gasteiger partial charge in [-0.05, 0) is 66.3 Å². The van der Waals surface area contributed by atoms with Gasteiger partial charge in [0.05, 0.1) is 17.7 Å². The van der Waals surface area contributed by atoms with E-state index in [0.717, 1.165) is 12.1 Å². The van der Waals surface area contributed by atoms with E-state index in [4.69, 9.17) is 10.5 Å². The summed E-state index contributed by atoms with van der Waals surface area (Å²) < 4.78 is 49.3. The van der Waals surface area contributed by atoms with Crippen LogP contribution in [0.25, 0.3) is 11.1 Å². The minimum atomic E-state index is -0.777. The van der Waals surface area contributed by atoms with Gasteiger partial charge in [-0.15, -0.1) is 0 Å². The fraction of sp³-hybridized carbons (Fsp3) is 0.281. The van der Waals surface area contributed by atoms with Crippen LogP contribution in [-0.4, -0.2) is 26.7 Å². The van der Waals surface area contributed by atoms with E-state index >= 15 is 0 Å². The number of hydrogen-bond acceptors (Lipinski definition) is 5. The summed E-state index contributed by atoms with van der Waals surface area (Å²) >= 11 is 0. The van der Waals surface area contributed by atoms with Gasteiger partial charge < -0.3 is 15.6 Å². The van der Waals surface area contributed by atoms with Gasteiger partial charge in [-0.1, -0.05) is 44.2 Å². The highest BCUT2D eigenvalue weighted by molar-refractivity contribution is 5.99. The Balaban J connectivity index is 1.79. The Morgan fingerprint density at radius 3 is 2.17 bits per heavy atom. The van der Waals surface area contributed by atoms with E-state index in [0.29, 0.717) is 16.7 Å². The predicted molar refractivity (Wildman–Crippen MR) is 153 cm³/mol. The molecule has 0 aliphatic heterocycles. The molecule has 0 fully saturated rings. The Bertz CT molecular complexity index is 1650. The number of rotatable bonds is 10. The van der Waals surface area contributed by atoms with Gasteiger partial charge >= 0.3 is 0 Å². The number of aromatic nitrogens is 2. The number of nitrogens with two attached hydrogens (primary N) is 1. The molecule has 3 N–H and O–H groups in total. The van der Waals surface area contributed by atoms with Crippen molar-refractivity contribution in [1.29, 1.82) is 0 Å². The highest BCUT2D eigenvalue weighted by Gasteiger charge is 2.28. The zero-order valence-electron chi connectivity index (χ0n) is 23.7. The van der Waals surface area contributed by atoms with Crippen LogP contribution < -0.4 is 11.3 Å². The monoisotopic (exact) mass is 579 g/mol. The van der Waals surface area contributed by atoms with Crippen LogP contribution in [-0.2, 0) is 17.8 Å². The van der Waals surface area contributed by atoms with E-state index in [2.05, 4.69) is 4.98 Å². The quantitative estimate of drug-likeness (QED) is 0.244. The molecule has 0 radical (unpaired) electrons. The first-order valence-electron chi connectivity index (χ1n) is 13.4. The lowest BCUT2D eigenvalue weighted by Crippen LogP contribution is -2.29. The Labute approximate surface area is 241 Å². The molecule has 0 bridgehead atoms. The Kier molecular flexibility index (Phi) is 9.16. The molecule has 1 aromatic heterocycles. The highest BCUT2D eigenvalue weighted by atomic mass is 19.1. The summed E-state index contributed by atoms with van der Waals surface area (Å²) in [5.41, 5.74) is 6.70. The minimum Gasteiger partial charge on any atom is -0.494 e. The van der Waals surface area contributed by atoms with Crippen molar-refractivity contribution in [2.45, 2.75) is 52.9 Å². The van der Waals surface area contributed by atoms with Crippen LogP contribution in [0, 0.1) is 23.4 Å². The summed E-state index contributed by atoms with van der Waals surface area (Å²) in [7, 11) is 0. The van der Waals surface area contributed by atoms with Crippen molar-refractivity contribution in [1.82, 2.24) is 9.55 Å². The molecular formula is C32H32F3N3O4. The normalized spacial score (nSPS) is 12.2. The number of carbonyl (C=O) groups excluding carboxylic acids is 1. The topological polar surface area (TPSA) is 107 Å². The molecule has 4 aromatic rings. The van der Waals surface area contributed by atoms with E-state index in [1.54, 1.807) is 38.1 Å². The average molecular weight is 580 g/mol. The van der Waals surface area contributed by atoms with Crippen molar-refractivity contribution in [3.63, 3.8) is 0 Å². The van der Waals surface area contributed by atoms with Gasteiger partial charge in [0.15, 0.2) is 0 Å². The minimum absolute atomic E-state index is 0.0156. The highest BCUT2D eigenvalue weighted by Crippen LogP contribution is 2.34. The fourth-order valence-electron chi connectivity index (χ4n) is 4.95.